The van der Waals surface area contributed by atoms with E-state index in [4.69, 9.17) is 10.5 Å². The van der Waals surface area contributed by atoms with E-state index in [-0.39, 0.29) is 0 Å². The topological polar surface area (TPSA) is 48.1 Å². The number of rotatable bonds is 2. The maximum absolute atomic E-state index is 6.03. The van der Waals surface area contributed by atoms with Crippen molar-refractivity contribution in [1.29, 1.82) is 0 Å². The molecule has 2 N–H and O–H groups in total. The summed E-state index contributed by atoms with van der Waals surface area (Å²) in [6, 6.07) is 11.6. The van der Waals surface area contributed by atoms with Gasteiger partial charge in [0.05, 0.1) is 0 Å². The smallest absolute Gasteiger partial charge is 0.136 e. The summed E-state index contributed by atoms with van der Waals surface area (Å²) >= 11 is 3.46. The van der Waals surface area contributed by atoms with E-state index in [1.807, 2.05) is 43.3 Å². The lowest BCUT2D eigenvalue weighted by atomic mass is 10.1. The quantitative estimate of drug-likeness (QED) is 0.695. The molecule has 4 heteroatoms. The first kappa shape index (κ1) is 12.9. The zero-order chi connectivity index (χ0) is 14.1. The van der Waals surface area contributed by atoms with Crippen LogP contribution in [-0.2, 0) is 0 Å². The Labute approximate surface area is 125 Å². The van der Waals surface area contributed by atoms with E-state index in [2.05, 4.69) is 20.9 Å². The molecule has 0 saturated carbocycles. The molecule has 1 aromatic heterocycles. The van der Waals surface area contributed by atoms with Gasteiger partial charge < -0.3 is 10.5 Å². The summed E-state index contributed by atoms with van der Waals surface area (Å²) in [6.07, 6.45) is 3.50. The number of nitrogen functional groups attached to an aromatic ring is 1. The van der Waals surface area contributed by atoms with E-state index < -0.39 is 0 Å². The number of aromatic nitrogens is 1. The highest BCUT2D eigenvalue weighted by molar-refractivity contribution is 9.10. The molecule has 100 valence electrons. The fourth-order valence-electron chi connectivity index (χ4n) is 2.08. The van der Waals surface area contributed by atoms with Crippen LogP contribution in [0.25, 0.3) is 10.8 Å². The van der Waals surface area contributed by atoms with Crippen molar-refractivity contribution in [3.63, 3.8) is 0 Å². The minimum atomic E-state index is 0.723. The maximum atomic E-state index is 6.03. The molecule has 0 aliphatic rings. The number of halogens is 1. The van der Waals surface area contributed by atoms with Crippen LogP contribution in [-0.4, -0.2) is 4.98 Å². The van der Waals surface area contributed by atoms with Crippen LogP contribution < -0.4 is 10.5 Å². The number of aryl methyl sites for hydroxylation is 1. The highest BCUT2D eigenvalue weighted by Gasteiger charge is 2.08. The van der Waals surface area contributed by atoms with Gasteiger partial charge >= 0.3 is 0 Å². The first-order chi connectivity index (χ1) is 9.65. The van der Waals surface area contributed by atoms with Gasteiger partial charge in [-0.3, -0.25) is 4.98 Å². The number of ether oxygens (including phenoxy) is 1. The Hall–Kier alpha value is -2.07. The molecule has 0 radical (unpaired) electrons. The van der Waals surface area contributed by atoms with Crippen LogP contribution >= 0.6 is 15.9 Å². The molecule has 2 aromatic carbocycles. The molecular formula is C16H13BrN2O. The molecule has 20 heavy (non-hydrogen) atoms. The Morgan fingerprint density at radius 1 is 1.05 bits per heavy atom. The molecule has 0 aliphatic heterocycles. The molecule has 3 nitrogen and oxygen atoms in total. The van der Waals surface area contributed by atoms with E-state index in [1.54, 1.807) is 12.4 Å². The Kier molecular flexibility index (Phi) is 3.32. The van der Waals surface area contributed by atoms with E-state index in [9.17, 15) is 0 Å². The largest absolute Gasteiger partial charge is 0.456 e. The average molecular weight is 329 g/mol. The molecule has 0 spiro atoms. The van der Waals surface area contributed by atoms with Gasteiger partial charge in [-0.1, -0.05) is 22.0 Å². The first-order valence-corrected chi connectivity index (χ1v) is 7.00. The molecule has 0 atom stereocenters. The lowest BCUT2D eigenvalue weighted by Gasteiger charge is -2.12. The average Bonchev–Trinajstić information content (AvgIpc) is 2.46. The number of benzene rings is 2. The van der Waals surface area contributed by atoms with Crippen LogP contribution in [0.1, 0.15) is 5.56 Å². The van der Waals surface area contributed by atoms with Crippen molar-refractivity contribution in [1.82, 2.24) is 4.98 Å². The van der Waals surface area contributed by atoms with Crippen molar-refractivity contribution in [3.05, 3.63) is 58.8 Å². The number of fused-ring (bicyclic) bond motifs is 1. The standard InChI is InChI=1S/C16H13BrN2O/c1-10-2-3-11(17)8-16(10)20-15-5-4-14(18)12-6-7-19-9-13(12)15/h2-9H,18H2,1H3. The van der Waals surface area contributed by atoms with Crippen LogP contribution in [0, 0.1) is 6.92 Å². The van der Waals surface area contributed by atoms with Crippen LogP contribution in [0.5, 0.6) is 11.5 Å². The van der Waals surface area contributed by atoms with Gasteiger partial charge in [-0.15, -0.1) is 0 Å². The number of hydrogen-bond acceptors (Lipinski definition) is 3. The normalized spacial score (nSPS) is 10.7. The second kappa shape index (κ2) is 5.13. The number of hydrogen-bond donors (Lipinski definition) is 1. The highest BCUT2D eigenvalue weighted by Crippen LogP contribution is 2.34. The van der Waals surface area contributed by atoms with Crippen molar-refractivity contribution in [2.45, 2.75) is 6.92 Å². The Bertz CT molecular complexity index is 787. The molecule has 0 fully saturated rings. The van der Waals surface area contributed by atoms with Crippen LogP contribution in [0.15, 0.2) is 53.3 Å². The van der Waals surface area contributed by atoms with Crippen molar-refractivity contribution < 1.29 is 4.74 Å². The zero-order valence-electron chi connectivity index (χ0n) is 10.9. The molecule has 3 aromatic rings. The number of nitrogens with zero attached hydrogens (tertiary/aromatic N) is 1. The zero-order valence-corrected chi connectivity index (χ0v) is 12.5. The van der Waals surface area contributed by atoms with E-state index in [0.29, 0.717) is 0 Å². The van der Waals surface area contributed by atoms with E-state index >= 15 is 0 Å². The van der Waals surface area contributed by atoms with Gasteiger partial charge in [-0.05, 0) is 42.8 Å². The summed E-state index contributed by atoms with van der Waals surface area (Å²) in [7, 11) is 0. The molecule has 0 saturated heterocycles. The third-order valence-corrected chi connectivity index (χ3v) is 3.68. The van der Waals surface area contributed by atoms with Crippen LogP contribution in [0.3, 0.4) is 0 Å². The summed E-state index contributed by atoms with van der Waals surface area (Å²) in [5, 5.41) is 1.86. The fourth-order valence-corrected chi connectivity index (χ4v) is 2.42. The predicted molar refractivity (Wildman–Crippen MR) is 85.1 cm³/mol. The molecule has 0 bridgehead atoms. The number of pyridine rings is 1. The lowest BCUT2D eigenvalue weighted by Crippen LogP contribution is -1.92. The van der Waals surface area contributed by atoms with Gasteiger partial charge in [-0.25, -0.2) is 0 Å². The third-order valence-electron chi connectivity index (χ3n) is 3.18. The maximum Gasteiger partial charge on any atom is 0.136 e. The van der Waals surface area contributed by atoms with Gasteiger partial charge in [-0.2, -0.15) is 0 Å². The second-order valence-electron chi connectivity index (χ2n) is 4.59. The lowest BCUT2D eigenvalue weighted by molar-refractivity contribution is 0.484. The van der Waals surface area contributed by atoms with Gasteiger partial charge in [0.2, 0.25) is 0 Å². The summed E-state index contributed by atoms with van der Waals surface area (Å²) in [4.78, 5) is 4.15. The first-order valence-electron chi connectivity index (χ1n) is 6.21. The minimum Gasteiger partial charge on any atom is -0.456 e. The molecule has 3 rings (SSSR count). The fraction of sp³-hybridized carbons (Fsp3) is 0.0625. The minimum absolute atomic E-state index is 0.723. The molecule has 0 unspecified atom stereocenters. The van der Waals surface area contributed by atoms with Crippen LogP contribution in [0.2, 0.25) is 0 Å². The Morgan fingerprint density at radius 2 is 1.90 bits per heavy atom. The summed E-state index contributed by atoms with van der Waals surface area (Å²) in [5.74, 6) is 1.57. The Balaban J connectivity index is 2.11. The monoisotopic (exact) mass is 328 g/mol. The van der Waals surface area contributed by atoms with Gasteiger partial charge in [0, 0.05) is 33.3 Å². The second-order valence-corrected chi connectivity index (χ2v) is 5.50. The third kappa shape index (κ3) is 2.34. The van der Waals surface area contributed by atoms with E-state index in [1.165, 1.54) is 0 Å². The van der Waals surface area contributed by atoms with Crippen molar-refractivity contribution in [2.24, 2.45) is 0 Å². The van der Waals surface area contributed by atoms with Gasteiger partial charge in [0.15, 0.2) is 0 Å². The molecule has 0 aliphatic carbocycles. The summed E-state index contributed by atoms with van der Waals surface area (Å²) in [5.41, 5.74) is 7.78. The van der Waals surface area contributed by atoms with Crippen molar-refractivity contribution in [3.8, 4) is 11.5 Å². The van der Waals surface area contributed by atoms with E-state index in [0.717, 1.165) is 38.0 Å². The van der Waals surface area contributed by atoms with Crippen molar-refractivity contribution in [2.75, 3.05) is 5.73 Å². The summed E-state index contributed by atoms with van der Waals surface area (Å²) in [6.45, 7) is 2.01. The van der Waals surface area contributed by atoms with Gasteiger partial charge in [0.1, 0.15) is 11.5 Å². The van der Waals surface area contributed by atoms with Crippen LogP contribution in [0.4, 0.5) is 5.69 Å². The molecule has 0 amide bonds. The highest BCUT2D eigenvalue weighted by atomic mass is 79.9. The summed E-state index contributed by atoms with van der Waals surface area (Å²) < 4.78 is 7.02. The number of nitrogens with two attached hydrogens (primary N) is 1. The SMILES string of the molecule is Cc1ccc(Br)cc1Oc1ccc(N)c2ccncc12. The Morgan fingerprint density at radius 3 is 2.75 bits per heavy atom. The van der Waals surface area contributed by atoms with Crippen molar-refractivity contribution >= 4 is 32.4 Å². The molecular weight excluding hydrogens is 316 g/mol. The number of anilines is 1. The molecule has 1 heterocycles. The predicted octanol–water partition coefficient (Wildman–Crippen LogP) is 4.68. The van der Waals surface area contributed by atoms with Gasteiger partial charge in [0.25, 0.3) is 0 Å².